The molecule has 0 bridgehead atoms. The highest BCUT2D eigenvalue weighted by Crippen LogP contribution is 2.29. The van der Waals surface area contributed by atoms with Crippen LogP contribution in [0.4, 0.5) is 0 Å². The predicted octanol–water partition coefficient (Wildman–Crippen LogP) is 2.76. The first-order valence-corrected chi connectivity index (χ1v) is 7.20. The lowest BCUT2D eigenvalue weighted by Crippen LogP contribution is -2.30. The van der Waals surface area contributed by atoms with Gasteiger partial charge in [0, 0.05) is 17.4 Å². The molecule has 1 heterocycles. The van der Waals surface area contributed by atoms with E-state index >= 15 is 0 Å². The quantitative estimate of drug-likeness (QED) is 0.395. The van der Waals surface area contributed by atoms with Crippen molar-refractivity contribution in [2.24, 2.45) is 5.84 Å². The number of nitrogen functional groups attached to an aromatic ring is 1. The molecule has 0 unspecified atom stereocenters. The number of nitrogens with two attached hydrogens (primary N) is 1. The first-order chi connectivity index (χ1) is 11.1. The van der Waals surface area contributed by atoms with Crippen LogP contribution in [0.3, 0.4) is 0 Å². The molecule has 0 aliphatic rings. The van der Waals surface area contributed by atoms with E-state index in [1.165, 1.54) is 0 Å². The van der Waals surface area contributed by atoms with Gasteiger partial charge in [0.05, 0.1) is 11.3 Å². The molecular formula is C18H17N3O2. The third kappa shape index (κ3) is 2.69. The Morgan fingerprint density at radius 3 is 2.48 bits per heavy atom. The van der Waals surface area contributed by atoms with Gasteiger partial charge in [-0.1, -0.05) is 30.3 Å². The molecule has 5 heteroatoms. The SMILES string of the molecule is Cc1ccc(-c2ccccc2)n1-c1ccc(C(=O)NN)c(O)c1. The van der Waals surface area contributed by atoms with Crippen LogP contribution in [-0.4, -0.2) is 15.6 Å². The first-order valence-electron chi connectivity index (χ1n) is 7.20. The number of phenols is 1. The zero-order valence-electron chi connectivity index (χ0n) is 12.7. The molecule has 0 aliphatic carbocycles. The fourth-order valence-electron chi connectivity index (χ4n) is 2.64. The van der Waals surface area contributed by atoms with Gasteiger partial charge in [-0.15, -0.1) is 0 Å². The van der Waals surface area contributed by atoms with Gasteiger partial charge in [0.25, 0.3) is 5.91 Å². The Bertz CT molecular complexity index is 854. The van der Waals surface area contributed by atoms with Crippen molar-refractivity contribution in [3.8, 4) is 22.7 Å². The zero-order chi connectivity index (χ0) is 16.4. The predicted molar refractivity (Wildman–Crippen MR) is 89.3 cm³/mol. The lowest BCUT2D eigenvalue weighted by atomic mass is 10.1. The number of hydrogen-bond donors (Lipinski definition) is 3. The van der Waals surface area contributed by atoms with Crippen molar-refractivity contribution in [1.29, 1.82) is 0 Å². The van der Waals surface area contributed by atoms with E-state index in [-0.39, 0.29) is 11.3 Å². The Morgan fingerprint density at radius 1 is 1.09 bits per heavy atom. The molecule has 1 aromatic heterocycles. The van der Waals surface area contributed by atoms with E-state index in [9.17, 15) is 9.90 Å². The molecule has 0 saturated carbocycles. The third-order valence-corrected chi connectivity index (χ3v) is 3.76. The maximum Gasteiger partial charge on any atom is 0.268 e. The van der Waals surface area contributed by atoms with Crippen LogP contribution < -0.4 is 11.3 Å². The number of hydrazine groups is 1. The van der Waals surface area contributed by atoms with Crippen molar-refractivity contribution in [2.45, 2.75) is 6.92 Å². The van der Waals surface area contributed by atoms with Crippen LogP contribution in [0, 0.1) is 6.92 Å². The van der Waals surface area contributed by atoms with Gasteiger partial charge in [-0.2, -0.15) is 0 Å². The summed E-state index contributed by atoms with van der Waals surface area (Å²) in [5.74, 6) is 4.47. The highest BCUT2D eigenvalue weighted by atomic mass is 16.3. The summed E-state index contributed by atoms with van der Waals surface area (Å²) in [5, 5.41) is 10.1. The summed E-state index contributed by atoms with van der Waals surface area (Å²) in [7, 11) is 0. The molecule has 0 fully saturated rings. The lowest BCUT2D eigenvalue weighted by molar-refractivity contribution is 0.0951. The van der Waals surface area contributed by atoms with Crippen molar-refractivity contribution >= 4 is 5.91 Å². The molecule has 0 atom stereocenters. The van der Waals surface area contributed by atoms with E-state index in [1.54, 1.807) is 18.2 Å². The number of benzene rings is 2. The maximum atomic E-state index is 11.6. The molecule has 1 amide bonds. The number of nitrogens with one attached hydrogen (secondary N) is 1. The number of amides is 1. The number of phenolic OH excluding ortho intramolecular Hbond substituents is 1. The summed E-state index contributed by atoms with van der Waals surface area (Å²) in [6.07, 6.45) is 0. The maximum absolute atomic E-state index is 11.6. The van der Waals surface area contributed by atoms with Crippen LogP contribution in [0.15, 0.2) is 60.7 Å². The molecule has 23 heavy (non-hydrogen) atoms. The Hall–Kier alpha value is -3.05. The molecule has 5 nitrogen and oxygen atoms in total. The summed E-state index contributed by atoms with van der Waals surface area (Å²) >= 11 is 0. The minimum atomic E-state index is -0.526. The van der Waals surface area contributed by atoms with Crippen LogP contribution in [0.1, 0.15) is 16.1 Å². The largest absolute Gasteiger partial charge is 0.507 e. The van der Waals surface area contributed by atoms with Gasteiger partial charge in [-0.3, -0.25) is 10.2 Å². The zero-order valence-corrected chi connectivity index (χ0v) is 12.7. The number of rotatable bonds is 3. The molecule has 0 radical (unpaired) electrons. The summed E-state index contributed by atoms with van der Waals surface area (Å²) < 4.78 is 2.03. The van der Waals surface area contributed by atoms with Gasteiger partial charge in [-0.25, -0.2) is 5.84 Å². The van der Waals surface area contributed by atoms with Crippen LogP contribution in [0.2, 0.25) is 0 Å². The molecule has 0 spiro atoms. The molecule has 0 aliphatic heterocycles. The van der Waals surface area contributed by atoms with Gasteiger partial charge in [0.1, 0.15) is 5.75 Å². The van der Waals surface area contributed by atoms with E-state index in [0.717, 1.165) is 22.6 Å². The van der Waals surface area contributed by atoms with Crippen molar-refractivity contribution in [3.63, 3.8) is 0 Å². The third-order valence-electron chi connectivity index (χ3n) is 3.76. The normalized spacial score (nSPS) is 10.5. The minimum absolute atomic E-state index is 0.113. The van der Waals surface area contributed by atoms with E-state index in [2.05, 4.69) is 0 Å². The number of hydrogen-bond acceptors (Lipinski definition) is 3. The summed E-state index contributed by atoms with van der Waals surface area (Å²) in [4.78, 5) is 11.6. The van der Waals surface area contributed by atoms with Crippen LogP contribution in [0.25, 0.3) is 16.9 Å². The van der Waals surface area contributed by atoms with Gasteiger partial charge in [0.15, 0.2) is 0 Å². The fraction of sp³-hybridized carbons (Fsp3) is 0.0556. The van der Waals surface area contributed by atoms with Gasteiger partial charge < -0.3 is 9.67 Å². The number of nitrogens with zero attached hydrogens (tertiary/aromatic N) is 1. The number of carbonyl (C=O) groups excluding carboxylic acids is 1. The van der Waals surface area contributed by atoms with Crippen molar-refractivity contribution < 1.29 is 9.90 Å². The highest BCUT2D eigenvalue weighted by Gasteiger charge is 2.14. The molecule has 3 aromatic rings. The second-order valence-electron chi connectivity index (χ2n) is 5.24. The van der Waals surface area contributed by atoms with Gasteiger partial charge in [0.2, 0.25) is 0 Å². The Balaban J connectivity index is 2.11. The summed E-state index contributed by atoms with van der Waals surface area (Å²) in [6, 6.07) is 18.9. The molecule has 116 valence electrons. The summed E-state index contributed by atoms with van der Waals surface area (Å²) in [5.41, 5.74) is 6.05. The van der Waals surface area contributed by atoms with Crippen LogP contribution in [-0.2, 0) is 0 Å². The number of aromatic nitrogens is 1. The molecule has 3 rings (SSSR count). The number of aromatic hydroxyl groups is 1. The molecule has 4 N–H and O–H groups in total. The van der Waals surface area contributed by atoms with Crippen molar-refractivity contribution in [2.75, 3.05) is 0 Å². The average Bonchev–Trinajstić information content (AvgIpc) is 2.96. The second-order valence-corrected chi connectivity index (χ2v) is 5.24. The topological polar surface area (TPSA) is 80.3 Å². The van der Waals surface area contributed by atoms with Crippen molar-refractivity contribution in [1.82, 2.24) is 9.99 Å². The monoisotopic (exact) mass is 307 g/mol. The van der Waals surface area contributed by atoms with Gasteiger partial charge >= 0.3 is 0 Å². The molecule has 2 aromatic carbocycles. The molecule has 0 saturated heterocycles. The Kier molecular flexibility index (Phi) is 3.87. The summed E-state index contributed by atoms with van der Waals surface area (Å²) in [6.45, 7) is 1.99. The first kappa shape index (κ1) is 14.9. The van der Waals surface area contributed by atoms with Gasteiger partial charge in [-0.05, 0) is 36.8 Å². The number of carbonyl (C=O) groups is 1. The van der Waals surface area contributed by atoms with E-state index in [1.807, 2.05) is 59.4 Å². The molecular weight excluding hydrogens is 290 g/mol. The lowest BCUT2D eigenvalue weighted by Gasteiger charge is -2.13. The van der Waals surface area contributed by atoms with Crippen LogP contribution >= 0.6 is 0 Å². The van der Waals surface area contributed by atoms with E-state index in [4.69, 9.17) is 5.84 Å². The highest BCUT2D eigenvalue weighted by molar-refractivity contribution is 5.96. The van der Waals surface area contributed by atoms with E-state index in [0.29, 0.717) is 0 Å². The van der Waals surface area contributed by atoms with Crippen molar-refractivity contribution in [3.05, 3.63) is 71.9 Å². The van der Waals surface area contributed by atoms with Crippen LogP contribution in [0.5, 0.6) is 5.75 Å². The Labute approximate surface area is 134 Å². The average molecular weight is 307 g/mol. The second kappa shape index (κ2) is 5.98. The smallest absolute Gasteiger partial charge is 0.268 e. The fourth-order valence-corrected chi connectivity index (χ4v) is 2.64. The standard InChI is InChI=1S/C18H17N3O2/c1-12-7-10-16(13-5-3-2-4-6-13)21(12)14-8-9-15(17(22)11-14)18(23)20-19/h2-11,22H,19H2,1H3,(H,20,23). The number of aryl methyl sites for hydroxylation is 1. The van der Waals surface area contributed by atoms with E-state index < -0.39 is 5.91 Å². The minimum Gasteiger partial charge on any atom is -0.507 e. The Morgan fingerprint density at radius 2 is 1.83 bits per heavy atom.